The molecule has 0 aromatic carbocycles. The fraction of sp³-hybridized carbons (Fsp3) is 0.500. The van der Waals surface area contributed by atoms with Gasteiger partial charge in [-0.05, 0) is 56.3 Å². The molecule has 0 nitrogen and oxygen atoms in total. The van der Waals surface area contributed by atoms with E-state index in [-0.39, 0.29) is 0 Å². The van der Waals surface area contributed by atoms with Crippen molar-refractivity contribution in [2.75, 3.05) is 0 Å². The Balaban J connectivity index is 0.000000673. The van der Waals surface area contributed by atoms with Gasteiger partial charge in [-0.25, -0.2) is 0 Å². The molecule has 0 amide bonds. The lowest BCUT2D eigenvalue weighted by atomic mass is 10.00. The van der Waals surface area contributed by atoms with Crippen molar-refractivity contribution < 1.29 is 0 Å². The van der Waals surface area contributed by atoms with Crippen molar-refractivity contribution in [3.63, 3.8) is 0 Å². The van der Waals surface area contributed by atoms with E-state index in [2.05, 4.69) is 38.2 Å². The molecule has 0 bridgehead atoms. The van der Waals surface area contributed by atoms with Crippen molar-refractivity contribution in [2.45, 2.75) is 47.0 Å². The first kappa shape index (κ1) is 14.6. The molecule has 86 valence electrons. The topological polar surface area (TPSA) is 0 Å². The summed E-state index contributed by atoms with van der Waals surface area (Å²) in [5.41, 5.74) is 4.15. The van der Waals surface area contributed by atoms with Gasteiger partial charge in [0.05, 0.1) is 0 Å². The molecule has 0 saturated carbocycles. The molecular formula is C16H22. The van der Waals surface area contributed by atoms with E-state index < -0.39 is 0 Å². The zero-order valence-corrected chi connectivity index (χ0v) is 10.9. The van der Waals surface area contributed by atoms with E-state index in [1.807, 2.05) is 6.92 Å². The highest BCUT2D eigenvalue weighted by molar-refractivity contribution is 5.38. The zero-order chi connectivity index (χ0) is 12.6. The molecule has 1 aliphatic rings. The second-order valence-corrected chi connectivity index (χ2v) is 4.10. The highest BCUT2D eigenvalue weighted by atomic mass is 14.2. The van der Waals surface area contributed by atoms with Crippen LogP contribution in [0.5, 0.6) is 0 Å². The van der Waals surface area contributed by atoms with E-state index in [1.54, 1.807) is 12.5 Å². The van der Waals surface area contributed by atoms with Crippen LogP contribution in [0.25, 0.3) is 0 Å². The average molecular weight is 214 g/mol. The first-order valence-electron chi connectivity index (χ1n) is 5.84. The second-order valence-electron chi connectivity index (χ2n) is 4.10. The van der Waals surface area contributed by atoms with Crippen LogP contribution in [0.2, 0.25) is 0 Å². The van der Waals surface area contributed by atoms with Crippen molar-refractivity contribution in [1.29, 1.82) is 0 Å². The van der Waals surface area contributed by atoms with Gasteiger partial charge in [-0.3, -0.25) is 0 Å². The van der Waals surface area contributed by atoms with Gasteiger partial charge in [0.2, 0.25) is 0 Å². The van der Waals surface area contributed by atoms with Crippen LogP contribution in [0.1, 0.15) is 47.0 Å². The molecule has 0 aromatic rings. The van der Waals surface area contributed by atoms with Crippen molar-refractivity contribution >= 4 is 0 Å². The fourth-order valence-electron chi connectivity index (χ4n) is 2.07. The standard InChI is InChI=1S/C13H18.C3H4/c1-5-10(3)9-12-8-7-11(4)13(12)6-2;1-3-2/h1,9,11H,6-8H2,2-4H3;1H,2H3/b10-9+;. The van der Waals surface area contributed by atoms with Crippen LogP contribution in [0.3, 0.4) is 0 Å². The van der Waals surface area contributed by atoms with Gasteiger partial charge in [0.1, 0.15) is 0 Å². The number of hydrogen-bond acceptors (Lipinski definition) is 0. The van der Waals surface area contributed by atoms with Crippen LogP contribution in [-0.4, -0.2) is 0 Å². The third-order valence-electron chi connectivity index (χ3n) is 2.85. The number of terminal acetylenes is 2. The Labute approximate surface area is 101 Å². The van der Waals surface area contributed by atoms with Crippen LogP contribution in [-0.2, 0) is 0 Å². The van der Waals surface area contributed by atoms with Gasteiger partial charge in [-0.15, -0.1) is 18.8 Å². The molecule has 1 atom stereocenters. The summed E-state index contributed by atoms with van der Waals surface area (Å²) in [6, 6.07) is 0. The molecule has 1 unspecified atom stereocenters. The summed E-state index contributed by atoms with van der Waals surface area (Å²) in [4.78, 5) is 0. The molecule has 16 heavy (non-hydrogen) atoms. The SMILES string of the molecule is C#C/C(C)=C/C1=C(CC)C(C)CC1.C#CC. The maximum Gasteiger partial charge on any atom is -0.00107 e. The first-order valence-corrected chi connectivity index (χ1v) is 5.84. The summed E-state index contributed by atoms with van der Waals surface area (Å²) in [5, 5.41) is 0. The lowest BCUT2D eigenvalue weighted by Crippen LogP contribution is -1.91. The van der Waals surface area contributed by atoms with E-state index in [4.69, 9.17) is 6.42 Å². The summed E-state index contributed by atoms with van der Waals surface area (Å²) in [5.74, 6) is 5.69. The molecule has 0 N–H and O–H groups in total. The molecule has 1 rings (SSSR count). The van der Waals surface area contributed by atoms with Crippen LogP contribution >= 0.6 is 0 Å². The molecule has 0 spiro atoms. The van der Waals surface area contributed by atoms with Crippen molar-refractivity contribution in [3.05, 3.63) is 22.8 Å². The third-order valence-corrected chi connectivity index (χ3v) is 2.85. The van der Waals surface area contributed by atoms with Gasteiger partial charge in [0, 0.05) is 0 Å². The monoisotopic (exact) mass is 214 g/mol. The predicted octanol–water partition coefficient (Wildman–Crippen LogP) is 4.34. The Kier molecular flexibility index (Phi) is 7.15. The minimum absolute atomic E-state index is 0.766. The van der Waals surface area contributed by atoms with Gasteiger partial charge in [0.15, 0.2) is 0 Å². The van der Waals surface area contributed by atoms with Crippen molar-refractivity contribution in [2.24, 2.45) is 5.92 Å². The Hall–Kier alpha value is -1.40. The summed E-state index contributed by atoms with van der Waals surface area (Å²) in [6.45, 7) is 8.20. The van der Waals surface area contributed by atoms with E-state index in [1.165, 1.54) is 24.8 Å². The molecule has 0 aromatic heterocycles. The van der Waals surface area contributed by atoms with Gasteiger partial charge >= 0.3 is 0 Å². The molecule has 0 heteroatoms. The Morgan fingerprint density at radius 3 is 2.50 bits per heavy atom. The summed E-state index contributed by atoms with van der Waals surface area (Å²) in [7, 11) is 0. The van der Waals surface area contributed by atoms with E-state index >= 15 is 0 Å². The van der Waals surface area contributed by atoms with Gasteiger partial charge in [-0.2, -0.15) is 0 Å². The largest absolute Gasteiger partial charge is 0.120 e. The summed E-state index contributed by atoms with van der Waals surface area (Å²) < 4.78 is 0. The maximum atomic E-state index is 5.33. The summed E-state index contributed by atoms with van der Waals surface area (Å²) in [6.07, 6.45) is 15.8. The molecule has 1 aliphatic carbocycles. The van der Waals surface area contributed by atoms with E-state index in [0.29, 0.717) is 0 Å². The van der Waals surface area contributed by atoms with E-state index in [0.717, 1.165) is 11.5 Å². The number of allylic oxidation sites excluding steroid dienone is 4. The molecular weight excluding hydrogens is 192 g/mol. The highest BCUT2D eigenvalue weighted by Gasteiger charge is 2.18. The van der Waals surface area contributed by atoms with Gasteiger partial charge < -0.3 is 0 Å². The molecule has 0 fully saturated rings. The molecule has 0 saturated heterocycles. The average Bonchev–Trinajstić information content (AvgIpc) is 2.60. The van der Waals surface area contributed by atoms with Crippen LogP contribution in [0.4, 0.5) is 0 Å². The zero-order valence-electron chi connectivity index (χ0n) is 10.9. The molecule has 0 aliphatic heterocycles. The number of hydrogen-bond donors (Lipinski definition) is 0. The van der Waals surface area contributed by atoms with Crippen LogP contribution in [0.15, 0.2) is 22.8 Å². The van der Waals surface area contributed by atoms with Crippen molar-refractivity contribution in [3.8, 4) is 24.7 Å². The van der Waals surface area contributed by atoms with Crippen LogP contribution in [0, 0.1) is 30.6 Å². The van der Waals surface area contributed by atoms with Crippen molar-refractivity contribution in [1.82, 2.24) is 0 Å². The van der Waals surface area contributed by atoms with Gasteiger partial charge in [-0.1, -0.05) is 25.3 Å². The smallest absolute Gasteiger partial charge is 0.00107 e. The second kappa shape index (κ2) is 7.84. The Bertz CT molecular complexity index is 352. The highest BCUT2D eigenvalue weighted by Crippen LogP contribution is 2.34. The summed E-state index contributed by atoms with van der Waals surface area (Å²) >= 11 is 0. The third kappa shape index (κ3) is 4.41. The number of rotatable bonds is 2. The first-order chi connectivity index (χ1) is 7.60. The quantitative estimate of drug-likeness (QED) is 0.600. The Morgan fingerprint density at radius 1 is 1.50 bits per heavy atom. The maximum absolute atomic E-state index is 5.33. The minimum atomic E-state index is 0.766. The predicted molar refractivity (Wildman–Crippen MR) is 72.8 cm³/mol. The molecule has 0 radical (unpaired) electrons. The minimum Gasteiger partial charge on any atom is -0.120 e. The van der Waals surface area contributed by atoms with Gasteiger partial charge in [0.25, 0.3) is 0 Å². The van der Waals surface area contributed by atoms with E-state index in [9.17, 15) is 0 Å². The fourth-order valence-corrected chi connectivity index (χ4v) is 2.07. The van der Waals surface area contributed by atoms with Crippen LogP contribution < -0.4 is 0 Å². The lowest BCUT2D eigenvalue weighted by Gasteiger charge is -2.06. The molecule has 0 heterocycles. The normalized spacial score (nSPS) is 19.6. The lowest BCUT2D eigenvalue weighted by molar-refractivity contribution is 0.652. The Morgan fingerprint density at radius 2 is 2.06 bits per heavy atom.